The van der Waals surface area contributed by atoms with Crippen LogP contribution in [-0.2, 0) is 6.42 Å². The molecule has 19 heavy (non-hydrogen) atoms. The summed E-state index contributed by atoms with van der Waals surface area (Å²) < 4.78 is 13.0. The summed E-state index contributed by atoms with van der Waals surface area (Å²) in [6.07, 6.45) is 1.73. The fourth-order valence-corrected chi connectivity index (χ4v) is 1.97. The number of nitrogens with zero attached hydrogens (tertiary/aromatic N) is 2. The van der Waals surface area contributed by atoms with Crippen LogP contribution < -0.4 is 5.32 Å². The van der Waals surface area contributed by atoms with Crippen molar-refractivity contribution in [2.24, 2.45) is 0 Å². The lowest BCUT2D eigenvalue weighted by atomic mass is 10.2. The van der Waals surface area contributed by atoms with Crippen molar-refractivity contribution in [1.82, 2.24) is 9.97 Å². The predicted molar refractivity (Wildman–Crippen MR) is 75.5 cm³/mol. The summed E-state index contributed by atoms with van der Waals surface area (Å²) in [6.45, 7) is 3.89. The molecule has 0 aliphatic heterocycles. The number of hydrogen-bond donors (Lipinski definition) is 1. The number of anilines is 2. The Morgan fingerprint density at radius 1 is 1.26 bits per heavy atom. The summed E-state index contributed by atoms with van der Waals surface area (Å²) >= 11 is 5.97. The molecule has 1 aromatic carbocycles. The van der Waals surface area contributed by atoms with Crippen molar-refractivity contribution < 1.29 is 4.39 Å². The molecule has 0 aliphatic carbocycles. The zero-order chi connectivity index (χ0) is 13.8. The molecule has 0 radical (unpaired) electrons. The van der Waals surface area contributed by atoms with Crippen LogP contribution in [0.3, 0.4) is 0 Å². The molecular weight excluding hydrogens is 265 g/mol. The van der Waals surface area contributed by atoms with E-state index in [9.17, 15) is 4.39 Å². The Labute approximate surface area is 116 Å². The van der Waals surface area contributed by atoms with E-state index in [0.717, 1.165) is 24.1 Å². The van der Waals surface area contributed by atoms with Crippen LogP contribution in [0.4, 0.5) is 15.9 Å². The summed E-state index contributed by atoms with van der Waals surface area (Å²) in [5, 5.41) is 3.54. The van der Waals surface area contributed by atoms with Crippen molar-refractivity contribution >= 4 is 23.1 Å². The molecule has 1 aromatic heterocycles. The number of hydrogen-bond acceptors (Lipinski definition) is 3. The monoisotopic (exact) mass is 279 g/mol. The molecule has 0 atom stereocenters. The number of aryl methyl sites for hydroxylation is 2. The van der Waals surface area contributed by atoms with Crippen molar-refractivity contribution in [3.8, 4) is 0 Å². The predicted octanol–water partition coefficient (Wildman–Crippen LogP) is 4.27. The van der Waals surface area contributed by atoms with E-state index < -0.39 is 0 Å². The molecule has 0 bridgehead atoms. The molecule has 0 unspecified atom stereocenters. The van der Waals surface area contributed by atoms with Crippen LogP contribution in [0.2, 0.25) is 5.15 Å². The average molecular weight is 280 g/mol. The third-order valence-corrected chi connectivity index (χ3v) is 2.86. The van der Waals surface area contributed by atoms with E-state index in [4.69, 9.17) is 11.6 Å². The van der Waals surface area contributed by atoms with Gasteiger partial charge in [-0.25, -0.2) is 14.4 Å². The van der Waals surface area contributed by atoms with Crippen molar-refractivity contribution in [2.45, 2.75) is 26.7 Å². The molecule has 0 aliphatic rings. The number of rotatable bonds is 4. The van der Waals surface area contributed by atoms with Gasteiger partial charge in [-0.3, -0.25) is 0 Å². The van der Waals surface area contributed by atoms with Crippen LogP contribution in [-0.4, -0.2) is 9.97 Å². The Morgan fingerprint density at radius 3 is 2.74 bits per heavy atom. The van der Waals surface area contributed by atoms with Gasteiger partial charge in [-0.1, -0.05) is 18.5 Å². The fourth-order valence-electron chi connectivity index (χ4n) is 1.77. The average Bonchev–Trinajstić information content (AvgIpc) is 2.32. The summed E-state index contributed by atoms with van der Waals surface area (Å²) in [6, 6.07) is 6.22. The molecule has 100 valence electrons. The minimum Gasteiger partial charge on any atom is -0.340 e. The molecule has 1 heterocycles. The third kappa shape index (κ3) is 3.64. The fraction of sp³-hybridized carbons (Fsp3) is 0.286. The first kappa shape index (κ1) is 13.7. The molecule has 2 aromatic rings. The van der Waals surface area contributed by atoms with Gasteiger partial charge in [0.2, 0.25) is 0 Å². The maximum atomic E-state index is 13.0. The third-order valence-electron chi connectivity index (χ3n) is 2.67. The van der Waals surface area contributed by atoms with Gasteiger partial charge in [-0.05, 0) is 37.1 Å². The minimum absolute atomic E-state index is 0.254. The maximum Gasteiger partial charge on any atom is 0.135 e. The van der Waals surface area contributed by atoms with Crippen molar-refractivity contribution in [1.29, 1.82) is 0 Å². The number of halogens is 2. The second-order valence-corrected chi connectivity index (χ2v) is 4.71. The van der Waals surface area contributed by atoms with E-state index in [2.05, 4.69) is 22.2 Å². The Morgan fingerprint density at radius 2 is 2.05 bits per heavy atom. The molecule has 0 saturated heterocycles. The van der Waals surface area contributed by atoms with Crippen molar-refractivity contribution in [3.05, 3.63) is 46.6 Å². The molecule has 2 rings (SSSR count). The largest absolute Gasteiger partial charge is 0.340 e. The lowest BCUT2D eigenvalue weighted by Crippen LogP contribution is -2.01. The topological polar surface area (TPSA) is 37.8 Å². The van der Waals surface area contributed by atoms with E-state index in [-0.39, 0.29) is 5.82 Å². The number of benzene rings is 1. The summed E-state index contributed by atoms with van der Waals surface area (Å²) in [4.78, 5) is 8.54. The Balaban J connectivity index is 2.27. The van der Waals surface area contributed by atoms with E-state index in [1.54, 1.807) is 12.1 Å². The van der Waals surface area contributed by atoms with Crippen molar-refractivity contribution in [3.63, 3.8) is 0 Å². The quantitative estimate of drug-likeness (QED) is 0.849. The molecule has 5 heteroatoms. The lowest BCUT2D eigenvalue weighted by molar-refractivity contribution is 0.627. The highest BCUT2D eigenvalue weighted by molar-refractivity contribution is 6.29. The summed E-state index contributed by atoms with van der Waals surface area (Å²) in [7, 11) is 0. The first-order chi connectivity index (χ1) is 9.08. The van der Waals surface area contributed by atoms with Gasteiger partial charge in [-0.15, -0.1) is 0 Å². The standard InChI is InChI=1S/C14H15ClFN3/c1-3-4-13-18-12(15)8-14(19-13)17-11-6-5-10(16)7-9(11)2/h5-8H,3-4H2,1-2H3,(H,17,18,19). The molecule has 0 fully saturated rings. The van der Waals surface area contributed by atoms with Crippen LogP contribution >= 0.6 is 11.6 Å². The molecule has 1 N–H and O–H groups in total. The highest BCUT2D eigenvalue weighted by Crippen LogP contribution is 2.21. The Bertz CT molecular complexity index is 587. The normalized spacial score (nSPS) is 10.5. The minimum atomic E-state index is -0.254. The van der Waals surface area contributed by atoms with Crippen molar-refractivity contribution in [2.75, 3.05) is 5.32 Å². The number of aromatic nitrogens is 2. The van der Waals surface area contributed by atoms with Gasteiger partial charge in [0.25, 0.3) is 0 Å². The molecule has 0 spiro atoms. The van der Waals surface area contributed by atoms with E-state index in [0.29, 0.717) is 16.8 Å². The smallest absolute Gasteiger partial charge is 0.135 e. The molecule has 3 nitrogen and oxygen atoms in total. The van der Waals surface area contributed by atoms with Gasteiger partial charge < -0.3 is 5.32 Å². The lowest BCUT2D eigenvalue weighted by Gasteiger charge is -2.10. The van der Waals surface area contributed by atoms with Gasteiger partial charge in [-0.2, -0.15) is 0 Å². The van der Waals surface area contributed by atoms with Gasteiger partial charge in [0.15, 0.2) is 0 Å². The Kier molecular flexibility index (Phi) is 4.32. The zero-order valence-corrected chi connectivity index (χ0v) is 11.6. The zero-order valence-electron chi connectivity index (χ0n) is 10.9. The van der Waals surface area contributed by atoms with E-state index in [1.807, 2.05) is 6.92 Å². The van der Waals surface area contributed by atoms with Crippen LogP contribution in [0.25, 0.3) is 0 Å². The van der Waals surface area contributed by atoms with E-state index in [1.165, 1.54) is 12.1 Å². The van der Waals surface area contributed by atoms with Gasteiger partial charge in [0, 0.05) is 18.2 Å². The van der Waals surface area contributed by atoms with Crippen LogP contribution in [0.1, 0.15) is 24.7 Å². The van der Waals surface area contributed by atoms with E-state index >= 15 is 0 Å². The van der Waals surface area contributed by atoms with Crippen LogP contribution in [0, 0.1) is 12.7 Å². The Hall–Kier alpha value is -1.68. The summed E-state index contributed by atoms with van der Waals surface area (Å²) in [5.74, 6) is 1.07. The highest BCUT2D eigenvalue weighted by atomic mass is 35.5. The van der Waals surface area contributed by atoms with Gasteiger partial charge in [0.05, 0.1) is 0 Å². The molecule has 0 saturated carbocycles. The first-order valence-corrected chi connectivity index (χ1v) is 6.53. The maximum absolute atomic E-state index is 13.0. The molecule has 0 amide bonds. The SMILES string of the molecule is CCCc1nc(Cl)cc(Nc2ccc(F)cc2C)n1. The number of nitrogens with one attached hydrogen (secondary N) is 1. The highest BCUT2D eigenvalue weighted by Gasteiger charge is 2.05. The molecular formula is C14H15ClFN3. The second kappa shape index (κ2) is 5.97. The van der Waals surface area contributed by atoms with Gasteiger partial charge >= 0.3 is 0 Å². The summed E-state index contributed by atoms with van der Waals surface area (Å²) in [5.41, 5.74) is 1.62. The first-order valence-electron chi connectivity index (χ1n) is 6.15. The second-order valence-electron chi connectivity index (χ2n) is 4.33. The van der Waals surface area contributed by atoms with Crippen LogP contribution in [0.15, 0.2) is 24.3 Å². The van der Waals surface area contributed by atoms with Crippen LogP contribution in [0.5, 0.6) is 0 Å². The van der Waals surface area contributed by atoms with Gasteiger partial charge in [0.1, 0.15) is 22.6 Å².